The van der Waals surface area contributed by atoms with Crippen LogP contribution in [0.4, 0.5) is 4.79 Å². The van der Waals surface area contributed by atoms with E-state index in [0.717, 1.165) is 19.4 Å². The summed E-state index contributed by atoms with van der Waals surface area (Å²) in [6, 6.07) is 5.63. The molecule has 0 N–H and O–H groups in total. The first-order chi connectivity index (χ1) is 13.7. The number of amides is 1. The topological polar surface area (TPSA) is 70.2 Å². The zero-order chi connectivity index (χ0) is 21.6. The van der Waals surface area contributed by atoms with Crippen LogP contribution in [0, 0.1) is 0 Å². The molecule has 1 aromatic carbocycles. The predicted molar refractivity (Wildman–Crippen MR) is 115 cm³/mol. The molecule has 0 bridgehead atoms. The van der Waals surface area contributed by atoms with Gasteiger partial charge in [-0.1, -0.05) is 18.0 Å². The molecule has 29 heavy (non-hydrogen) atoms. The Hall–Kier alpha value is -1.35. The van der Waals surface area contributed by atoms with Gasteiger partial charge in [-0.05, 0) is 65.0 Å². The van der Waals surface area contributed by atoms with Gasteiger partial charge < -0.3 is 14.5 Å². The smallest absolute Gasteiger partial charge is 0.409 e. The summed E-state index contributed by atoms with van der Waals surface area (Å²) >= 11 is 5.90. The van der Waals surface area contributed by atoms with Crippen LogP contribution in [0.25, 0.3) is 0 Å². The Bertz CT molecular complexity index is 770. The van der Waals surface area contributed by atoms with Crippen LogP contribution in [0.3, 0.4) is 0 Å². The van der Waals surface area contributed by atoms with Crippen molar-refractivity contribution in [3.05, 3.63) is 29.3 Å². The molecule has 7 nitrogen and oxygen atoms in total. The molecule has 1 amide bonds. The van der Waals surface area contributed by atoms with Crippen LogP contribution in [0.1, 0.15) is 33.1 Å². The number of ether oxygens (including phenoxy) is 1. The van der Waals surface area contributed by atoms with E-state index in [1.807, 2.05) is 32.8 Å². The number of benzene rings is 1. The van der Waals surface area contributed by atoms with Crippen LogP contribution < -0.4 is 0 Å². The number of halogens is 1. The average molecular weight is 446 g/mol. The second-order valence-corrected chi connectivity index (χ2v) is 9.96. The third kappa shape index (κ3) is 6.31. The van der Waals surface area contributed by atoms with Gasteiger partial charge in [-0.2, -0.15) is 4.31 Å². The highest BCUT2D eigenvalue weighted by atomic mass is 35.5. The zero-order valence-electron chi connectivity index (χ0n) is 17.7. The minimum atomic E-state index is -3.71. The highest BCUT2D eigenvalue weighted by molar-refractivity contribution is 7.89. The third-order valence-electron chi connectivity index (χ3n) is 5.20. The molecule has 164 valence electrons. The summed E-state index contributed by atoms with van der Waals surface area (Å²) in [5.74, 6) is 0. The van der Waals surface area contributed by atoms with Gasteiger partial charge in [-0.3, -0.25) is 0 Å². The van der Waals surface area contributed by atoms with E-state index in [2.05, 4.69) is 0 Å². The fourth-order valence-corrected chi connectivity index (χ4v) is 5.53. The maximum absolute atomic E-state index is 13.3. The van der Waals surface area contributed by atoms with Crippen LogP contribution >= 0.6 is 11.6 Å². The van der Waals surface area contributed by atoms with Gasteiger partial charge in [0.25, 0.3) is 0 Å². The molecule has 1 aromatic rings. The minimum Gasteiger partial charge on any atom is -0.448 e. The zero-order valence-corrected chi connectivity index (χ0v) is 19.2. The van der Waals surface area contributed by atoms with Gasteiger partial charge in [-0.25, -0.2) is 13.2 Å². The molecule has 2 atom stereocenters. The largest absolute Gasteiger partial charge is 0.448 e. The molecule has 2 rings (SSSR count). The Labute approximate surface area is 179 Å². The summed E-state index contributed by atoms with van der Waals surface area (Å²) in [6.07, 6.45) is 1.93. The number of hydrogen-bond donors (Lipinski definition) is 0. The van der Waals surface area contributed by atoms with Crippen molar-refractivity contribution < 1.29 is 17.9 Å². The molecule has 0 aliphatic carbocycles. The Morgan fingerprint density at radius 1 is 1.21 bits per heavy atom. The van der Waals surface area contributed by atoms with Gasteiger partial charge in [0, 0.05) is 30.7 Å². The standard InChI is InChI=1S/C20H32ClN3O4S/c1-5-23(14-13-22(3)4)20(25)28-15-18-8-6-7-16(2)24(18)29(26,27)19-11-9-17(21)10-12-19/h9-12,16,18H,5-8,13-15H2,1-4H3/t16-,18-/m1/s1. The SMILES string of the molecule is CCN(CCN(C)C)C(=O)OC[C@H]1CCC[C@@H](C)N1S(=O)(=O)c1ccc(Cl)cc1. The second-order valence-electron chi connectivity index (χ2n) is 7.68. The fourth-order valence-electron chi connectivity index (χ4n) is 3.54. The van der Waals surface area contributed by atoms with Crippen molar-refractivity contribution in [2.75, 3.05) is 40.3 Å². The molecule has 0 aromatic heterocycles. The van der Waals surface area contributed by atoms with Crippen molar-refractivity contribution in [1.29, 1.82) is 0 Å². The third-order valence-corrected chi connectivity index (χ3v) is 7.53. The number of sulfonamides is 1. The lowest BCUT2D eigenvalue weighted by atomic mass is 10.0. The highest BCUT2D eigenvalue weighted by Gasteiger charge is 2.38. The van der Waals surface area contributed by atoms with Gasteiger partial charge in [0.1, 0.15) is 6.61 Å². The van der Waals surface area contributed by atoms with Crippen molar-refractivity contribution in [1.82, 2.24) is 14.1 Å². The van der Waals surface area contributed by atoms with E-state index in [1.54, 1.807) is 17.0 Å². The quantitative estimate of drug-likeness (QED) is 0.614. The maximum Gasteiger partial charge on any atom is 0.409 e. The Kier molecular flexibility index (Phi) is 8.75. The lowest BCUT2D eigenvalue weighted by Gasteiger charge is -2.39. The van der Waals surface area contributed by atoms with Crippen molar-refractivity contribution in [3.8, 4) is 0 Å². The van der Waals surface area contributed by atoms with Crippen LogP contribution in [-0.2, 0) is 14.8 Å². The van der Waals surface area contributed by atoms with Crippen molar-refractivity contribution in [2.45, 2.75) is 50.1 Å². The molecule has 0 unspecified atom stereocenters. The molecular formula is C20H32ClN3O4S. The van der Waals surface area contributed by atoms with Crippen LogP contribution in [0.15, 0.2) is 29.2 Å². The maximum atomic E-state index is 13.3. The molecule has 1 heterocycles. The van der Waals surface area contributed by atoms with Crippen LogP contribution in [0.5, 0.6) is 0 Å². The van der Waals surface area contributed by atoms with E-state index >= 15 is 0 Å². The normalized spacial score (nSPS) is 20.6. The van der Waals surface area contributed by atoms with Gasteiger partial charge >= 0.3 is 6.09 Å². The monoisotopic (exact) mass is 445 g/mol. The summed E-state index contributed by atoms with van der Waals surface area (Å²) in [5.41, 5.74) is 0. The first-order valence-corrected chi connectivity index (χ1v) is 11.8. The molecule has 1 aliphatic heterocycles. The van der Waals surface area contributed by atoms with E-state index in [9.17, 15) is 13.2 Å². The molecular weight excluding hydrogens is 414 g/mol. The summed E-state index contributed by atoms with van der Waals surface area (Å²) < 4.78 is 33.6. The second kappa shape index (κ2) is 10.6. The molecule has 0 spiro atoms. The van der Waals surface area contributed by atoms with Crippen LogP contribution in [0.2, 0.25) is 5.02 Å². The molecule has 1 saturated heterocycles. The lowest BCUT2D eigenvalue weighted by Crippen LogP contribution is -2.51. The van der Waals surface area contributed by atoms with Crippen molar-refractivity contribution in [3.63, 3.8) is 0 Å². The lowest BCUT2D eigenvalue weighted by molar-refractivity contribution is 0.0643. The van der Waals surface area contributed by atoms with Crippen molar-refractivity contribution >= 4 is 27.7 Å². The number of hydrogen-bond acceptors (Lipinski definition) is 5. The minimum absolute atomic E-state index is 0.0501. The number of carbonyl (C=O) groups is 1. The summed E-state index contributed by atoms with van der Waals surface area (Å²) in [6.45, 7) is 5.69. The highest BCUT2D eigenvalue weighted by Crippen LogP contribution is 2.30. The summed E-state index contributed by atoms with van der Waals surface area (Å²) in [4.78, 5) is 16.3. The first kappa shape index (κ1) is 23.9. The van der Waals surface area contributed by atoms with E-state index in [-0.39, 0.29) is 23.6 Å². The summed E-state index contributed by atoms with van der Waals surface area (Å²) in [5, 5.41) is 0.485. The molecule has 1 aliphatic rings. The average Bonchev–Trinajstić information content (AvgIpc) is 2.66. The summed E-state index contributed by atoms with van der Waals surface area (Å²) in [7, 11) is 0.184. The number of rotatable bonds is 8. The number of likely N-dealkylation sites (N-methyl/N-ethyl adjacent to an activating group) is 2. The van der Waals surface area contributed by atoms with Gasteiger partial charge in [0.15, 0.2) is 0 Å². The Morgan fingerprint density at radius 2 is 1.86 bits per heavy atom. The van der Waals surface area contributed by atoms with Crippen LogP contribution in [-0.4, -0.2) is 81.0 Å². The Balaban J connectivity index is 2.11. The molecule has 0 saturated carbocycles. The molecule has 0 radical (unpaired) electrons. The van der Waals surface area contributed by atoms with E-state index in [1.165, 1.54) is 16.4 Å². The van der Waals surface area contributed by atoms with E-state index in [0.29, 0.717) is 24.5 Å². The predicted octanol–water partition coefficient (Wildman–Crippen LogP) is 3.29. The number of carbonyl (C=O) groups excluding carboxylic acids is 1. The van der Waals surface area contributed by atoms with E-state index in [4.69, 9.17) is 16.3 Å². The van der Waals surface area contributed by atoms with Gasteiger partial charge in [-0.15, -0.1) is 0 Å². The fraction of sp³-hybridized carbons (Fsp3) is 0.650. The van der Waals surface area contributed by atoms with Crippen molar-refractivity contribution in [2.24, 2.45) is 0 Å². The number of nitrogens with zero attached hydrogens (tertiary/aromatic N) is 3. The van der Waals surface area contributed by atoms with Gasteiger partial charge in [0.05, 0.1) is 10.9 Å². The molecule has 1 fully saturated rings. The number of piperidine rings is 1. The van der Waals surface area contributed by atoms with Gasteiger partial charge in [0.2, 0.25) is 10.0 Å². The Morgan fingerprint density at radius 3 is 2.45 bits per heavy atom. The molecule has 9 heteroatoms. The first-order valence-electron chi connectivity index (χ1n) is 10.0. The van der Waals surface area contributed by atoms with E-state index < -0.39 is 16.1 Å².